The summed E-state index contributed by atoms with van der Waals surface area (Å²) >= 11 is 1.33. The van der Waals surface area contributed by atoms with Crippen LogP contribution in [0.4, 0.5) is 5.69 Å². The standard InChI is InChI=1S/C17H17N5OS/c1-12(16(23)22(2)14-6-4-3-5-7-14)24-17-19-15(20-21-17)13-8-10-18-11-9-13/h3-12H,1-2H3,(H,19,20,21)/t12-/m1/s1. The summed E-state index contributed by atoms with van der Waals surface area (Å²) in [4.78, 5) is 22.6. The van der Waals surface area contributed by atoms with E-state index in [-0.39, 0.29) is 11.2 Å². The molecule has 0 aliphatic heterocycles. The van der Waals surface area contributed by atoms with Crippen molar-refractivity contribution in [3.05, 3.63) is 54.9 Å². The molecule has 0 aliphatic rings. The van der Waals surface area contributed by atoms with E-state index in [0.29, 0.717) is 11.0 Å². The van der Waals surface area contributed by atoms with Crippen molar-refractivity contribution in [3.63, 3.8) is 0 Å². The molecule has 1 amide bonds. The Labute approximate surface area is 144 Å². The highest BCUT2D eigenvalue weighted by Gasteiger charge is 2.21. The van der Waals surface area contributed by atoms with Crippen LogP contribution in [-0.2, 0) is 4.79 Å². The van der Waals surface area contributed by atoms with Gasteiger partial charge in [-0.05, 0) is 31.2 Å². The first kappa shape index (κ1) is 16.2. The quantitative estimate of drug-likeness (QED) is 0.723. The molecule has 7 heteroatoms. The number of aromatic nitrogens is 4. The predicted octanol–water partition coefficient (Wildman–Crippen LogP) is 3.01. The number of thioether (sulfide) groups is 1. The fraction of sp³-hybridized carbons (Fsp3) is 0.176. The van der Waals surface area contributed by atoms with E-state index in [2.05, 4.69) is 20.2 Å². The Morgan fingerprint density at radius 3 is 2.58 bits per heavy atom. The first-order valence-corrected chi connectivity index (χ1v) is 8.35. The predicted molar refractivity (Wildman–Crippen MR) is 94.8 cm³/mol. The second kappa shape index (κ2) is 7.27. The Hall–Kier alpha value is -2.67. The Morgan fingerprint density at radius 1 is 1.17 bits per heavy atom. The molecule has 3 aromatic rings. The zero-order chi connectivity index (χ0) is 16.9. The van der Waals surface area contributed by atoms with E-state index in [1.165, 1.54) is 11.8 Å². The van der Waals surface area contributed by atoms with Crippen LogP contribution >= 0.6 is 11.8 Å². The van der Waals surface area contributed by atoms with Crippen molar-refractivity contribution in [2.45, 2.75) is 17.3 Å². The fourth-order valence-electron chi connectivity index (χ4n) is 2.20. The molecule has 0 saturated carbocycles. The number of amides is 1. The topological polar surface area (TPSA) is 74.8 Å². The monoisotopic (exact) mass is 339 g/mol. The normalized spacial score (nSPS) is 11.9. The number of nitrogens with zero attached hydrogens (tertiary/aromatic N) is 4. The van der Waals surface area contributed by atoms with E-state index in [0.717, 1.165) is 11.3 Å². The van der Waals surface area contributed by atoms with E-state index >= 15 is 0 Å². The number of H-pyrrole nitrogens is 1. The third-order valence-electron chi connectivity index (χ3n) is 3.52. The van der Waals surface area contributed by atoms with Gasteiger partial charge in [-0.15, -0.1) is 5.10 Å². The molecule has 0 spiro atoms. The Morgan fingerprint density at radius 2 is 1.88 bits per heavy atom. The number of carbonyl (C=O) groups is 1. The second-order valence-electron chi connectivity index (χ2n) is 5.20. The number of pyridine rings is 1. The van der Waals surface area contributed by atoms with Crippen LogP contribution in [0.25, 0.3) is 11.4 Å². The highest BCUT2D eigenvalue weighted by Crippen LogP contribution is 2.24. The van der Waals surface area contributed by atoms with E-state index in [1.54, 1.807) is 24.3 Å². The third kappa shape index (κ3) is 3.62. The van der Waals surface area contributed by atoms with Crippen molar-refractivity contribution < 1.29 is 4.79 Å². The highest BCUT2D eigenvalue weighted by atomic mass is 32.2. The third-order valence-corrected chi connectivity index (χ3v) is 4.47. The molecular formula is C17H17N5OS. The second-order valence-corrected chi connectivity index (χ2v) is 6.50. The summed E-state index contributed by atoms with van der Waals surface area (Å²) in [7, 11) is 1.77. The molecule has 1 aromatic carbocycles. The van der Waals surface area contributed by atoms with Crippen LogP contribution < -0.4 is 4.90 Å². The van der Waals surface area contributed by atoms with Gasteiger partial charge in [0.25, 0.3) is 0 Å². The fourth-order valence-corrected chi connectivity index (χ4v) is 3.02. The lowest BCUT2D eigenvalue weighted by molar-refractivity contribution is -0.117. The molecular weight excluding hydrogens is 322 g/mol. The van der Waals surface area contributed by atoms with Crippen LogP contribution in [0, 0.1) is 0 Å². The van der Waals surface area contributed by atoms with Crippen LogP contribution in [0.3, 0.4) is 0 Å². The Bertz CT molecular complexity index is 806. The molecule has 24 heavy (non-hydrogen) atoms. The molecule has 0 bridgehead atoms. The zero-order valence-electron chi connectivity index (χ0n) is 13.4. The minimum Gasteiger partial charge on any atom is -0.315 e. The highest BCUT2D eigenvalue weighted by molar-refractivity contribution is 8.00. The molecule has 0 fully saturated rings. The van der Waals surface area contributed by atoms with E-state index < -0.39 is 0 Å². The van der Waals surface area contributed by atoms with Gasteiger partial charge < -0.3 is 4.90 Å². The average molecular weight is 339 g/mol. The molecule has 0 radical (unpaired) electrons. The summed E-state index contributed by atoms with van der Waals surface area (Å²) in [5.74, 6) is 0.664. The van der Waals surface area contributed by atoms with Crippen molar-refractivity contribution in [3.8, 4) is 11.4 Å². The molecule has 3 rings (SSSR count). The molecule has 2 heterocycles. The molecule has 1 N–H and O–H groups in total. The molecule has 122 valence electrons. The molecule has 0 unspecified atom stereocenters. The molecule has 0 saturated heterocycles. The average Bonchev–Trinajstić information content (AvgIpc) is 3.10. The first-order chi connectivity index (χ1) is 11.6. The summed E-state index contributed by atoms with van der Waals surface area (Å²) in [5, 5.41) is 7.33. The summed E-state index contributed by atoms with van der Waals surface area (Å²) in [6.07, 6.45) is 3.40. The van der Waals surface area contributed by atoms with Crippen LogP contribution in [0.15, 0.2) is 60.0 Å². The minimum absolute atomic E-state index is 0.00135. The summed E-state index contributed by atoms with van der Waals surface area (Å²) in [6.45, 7) is 1.86. The lowest BCUT2D eigenvalue weighted by Crippen LogP contribution is -2.33. The molecule has 6 nitrogen and oxygen atoms in total. The number of anilines is 1. The van der Waals surface area contributed by atoms with Gasteiger partial charge in [0.15, 0.2) is 5.82 Å². The summed E-state index contributed by atoms with van der Waals surface area (Å²) < 4.78 is 0. The largest absolute Gasteiger partial charge is 0.315 e. The van der Waals surface area contributed by atoms with Gasteiger partial charge in [0, 0.05) is 30.7 Å². The van der Waals surface area contributed by atoms with Crippen LogP contribution in [0.5, 0.6) is 0 Å². The van der Waals surface area contributed by atoms with Crippen molar-refractivity contribution in [1.82, 2.24) is 20.2 Å². The molecule has 1 atom stereocenters. The number of benzene rings is 1. The Kier molecular flexibility index (Phi) is 4.90. The maximum Gasteiger partial charge on any atom is 0.240 e. The van der Waals surface area contributed by atoms with Gasteiger partial charge in [0.2, 0.25) is 11.1 Å². The van der Waals surface area contributed by atoms with Crippen molar-refractivity contribution in [1.29, 1.82) is 0 Å². The van der Waals surface area contributed by atoms with E-state index in [1.807, 2.05) is 49.4 Å². The van der Waals surface area contributed by atoms with Gasteiger partial charge in [0.1, 0.15) is 0 Å². The number of aromatic amines is 1. The van der Waals surface area contributed by atoms with Gasteiger partial charge in [-0.2, -0.15) is 0 Å². The van der Waals surface area contributed by atoms with E-state index in [4.69, 9.17) is 0 Å². The number of rotatable bonds is 5. The lowest BCUT2D eigenvalue weighted by Gasteiger charge is -2.20. The van der Waals surface area contributed by atoms with Gasteiger partial charge in [-0.25, -0.2) is 4.98 Å². The summed E-state index contributed by atoms with van der Waals surface area (Å²) in [6, 6.07) is 13.3. The van der Waals surface area contributed by atoms with Gasteiger partial charge in [-0.3, -0.25) is 14.9 Å². The Balaban J connectivity index is 1.68. The summed E-state index contributed by atoms with van der Waals surface area (Å²) in [5.41, 5.74) is 1.77. The van der Waals surface area contributed by atoms with Crippen LogP contribution in [-0.4, -0.2) is 38.4 Å². The SMILES string of the molecule is C[C@@H](Sc1n[nH]c(-c2ccncc2)n1)C(=O)N(C)c1ccccc1. The van der Waals surface area contributed by atoms with Gasteiger partial charge in [0.05, 0.1) is 5.25 Å². The zero-order valence-corrected chi connectivity index (χ0v) is 14.2. The smallest absolute Gasteiger partial charge is 0.240 e. The number of para-hydroxylation sites is 1. The van der Waals surface area contributed by atoms with E-state index in [9.17, 15) is 4.79 Å². The van der Waals surface area contributed by atoms with Crippen LogP contribution in [0.2, 0.25) is 0 Å². The number of hydrogen-bond acceptors (Lipinski definition) is 5. The number of hydrogen-bond donors (Lipinski definition) is 1. The number of carbonyl (C=O) groups excluding carboxylic acids is 1. The van der Waals surface area contributed by atoms with Crippen molar-refractivity contribution >= 4 is 23.4 Å². The van der Waals surface area contributed by atoms with Gasteiger partial charge in [-0.1, -0.05) is 30.0 Å². The molecule has 0 aliphatic carbocycles. The van der Waals surface area contributed by atoms with Crippen molar-refractivity contribution in [2.24, 2.45) is 0 Å². The molecule has 2 aromatic heterocycles. The minimum atomic E-state index is -0.295. The maximum absolute atomic E-state index is 12.6. The van der Waals surface area contributed by atoms with Crippen LogP contribution in [0.1, 0.15) is 6.92 Å². The first-order valence-electron chi connectivity index (χ1n) is 7.47. The van der Waals surface area contributed by atoms with Crippen molar-refractivity contribution in [2.75, 3.05) is 11.9 Å². The maximum atomic E-state index is 12.6. The van der Waals surface area contributed by atoms with Gasteiger partial charge >= 0.3 is 0 Å². The lowest BCUT2D eigenvalue weighted by atomic mass is 10.3. The number of nitrogens with one attached hydrogen (secondary N) is 1.